The van der Waals surface area contributed by atoms with Crippen LogP contribution in [-0.4, -0.2) is 5.97 Å². The number of rotatable bonds is 3. The van der Waals surface area contributed by atoms with Gasteiger partial charge in [-0.1, -0.05) is 6.07 Å². The van der Waals surface area contributed by atoms with E-state index in [0.29, 0.717) is 16.1 Å². The molecule has 3 nitrogen and oxygen atoms in total. The first-order valence-electron chi connectivity index (χ1n) is 5.75. The van der Waals surface area contributed by atoms with Gasteiger partial charge in [-0.05, 0) is 43.2 Å². The number of benzene rings is 1. The first-order valence-corrected chi connectivity index (χ1v) is 6.57. The Hall–Kier alpha value is -1.88. The van der Waals surface area contributed by atoms with Gasteiger partial charge in [0.05, 0.1) is 0 Å². The van der Waals surface area contributed by atoms with Crippen LogP contribution in [0.25, 0.3) is 0 Å². The van der Waals surface area contributed by atoms with Gasteiger partial charge in [-0.15, -0.1) is 11.3 Å². The van der Waals surface area contributed by atoms with Crippen molar-refractivity contribution in [3.05, 3.63) is 51.0 Å². The molecule has 1 aromatic carbocycles. The van der Waals surface area contributed by atoms with Gasteiger partial charge in [0.2, 0.25) is 0 Å². The summed E-state index contributed by atoms with van der Waals surface area (Å²) in [5.74, 6) is -0.777. The summed E-state index contributed by atoms with van der Waals surface area (Å²) in [6.45, 7) is 3.74. The van der Waals surface area contributed by atoms with Crippen molar-refractivity contribution >= 4 is 23.0 Å². The molecule has 1 aromatic heterocycles. The molecule has 0 atom stereocenters. The Bertz CT molecular complexity index is 602. The summed E-state index contributed by atoms with van der Waals surface area (Å²) in [6, 6.07) is 6.01. The van der Waals surface area contributed by atoms with Gasteiger partial charge in [0, 0.05) is 10.6 Å². The second-order valence-electron chi connectivity index (χ2n) is 4.27. The van der Waals surface area contributed by atoms with Crippen molar-refractivity contribution in [2.75, 3.05) is 5.73 Å². The quantitative estimate of drug-likeness (QED) is 0.876. The van der Waals surface area contributed by atoms with Crippen LogP contribution in [0.2, 0.25) is 0 Å². The van der Waals surface area contributed by atoms with Crippen LogP contribution in [0.15, 0.2) is 24.3 Å². The van der Waals surface area contributed by atoms with E-state index in [9.17, 15) is 9.18 Å². The molecule has 0 unspecified atom stereocenters. The molecule has 0 fully saturated rings. The van der Waals surface area contributed by atoms with Crippen molar-refractivity contribution in [3.8, 4) is 0 Å². The Morgan fingerprint density at radius 3 is 2.74 bits per heavy atom. The standard InChI is InChI=1S/C14H14FNO2S/c1-8-3-4-11(15)5-10(8)7-18-14(17)13-6-12(16)9(2)19-13/h3-6H,7,16H2,1-2H3. The highest BCUT2D eigenvalue weighted by molar-refractivity contribution is 7.14. The van der Waals surface area contributed by atoms with Crippen molar-refractivity contribution < 1.29 is 13.9 Å². The van der Waals surface area contributed by atoms with E-state index in [4.69, 9.17) is 10.5 Å². The van der Waals surface area contributed by atoms with Crippen LogP contribution >= 0.6 is 11.3 Å². The number of aryl methyl sites for hydroxylation is 2. The topological polar surface area (TPSA) is 52.3 Å². The molecule has 0 saturated carbocycles. The maximum atomic E-state index is 13.1. The predicted molar refractivity (Wildman–Crippen MR) is 73.7 cm³/mol. The fourth-order valence-corrected chi connectivity index (χ4v) is 2.44. The lowest BCUT2D eigenvalue weighted by Crippen LogP contribution is -2.04. The number of nitrogen functional groups attached to an aromatic ring is 1. The van der Waals surface area contributed by atoms with E-state index in [1.54, 1.807) is 12.1 Å². The number of hydrogen-bond donors (Lipinski definition) is 1. The first kappa shape index (κ1) is 13.5. The van der Waals surface area contributed by atoms with Gasteiger partial charge in [-0.2, -0.15) is 0 Å². The lowest BCUT2D eigenvalue weighted by Gasteiger charge is -2.06. The Balaban J connectivity index is 2.06. The molecule has 2 N–H and O–H groups in total. The molecule has 0 aliphatic carbocycles. The molecule has 0 saturated heterocycles. The van der Waals surface area contributed by atoms with Gasteiger partial charge in [-0.3, -0.25) is 0 Å². The van der Waals surface area contributed by atoms with Crippen molar-refractivity contribution in [1.82, 2.24) is 0 Å². The van der Waals surface area contributed by atoms with E-state index < -0.39 is 5.97 Å². The zero-order chi connectivity index (χ0) is 14.0. The average molecular weight is 279 g/mol. The van der Waals surface area contributed by atoms with E-state index in [1.807, 2.05) is 13.8 Å². The Morgan fingerprint density at radius 2 is 2.11 bits per heavy atom. The molecule has 0 aliphatic heterocycles. The van der Waals surface area contributed by atoms with E-state index in [2.05, 4.69) is 0 Å². The highest BCUT2D eigenvalue weighted by atomic mass is 32.1. The lowest BCUT2D eigenvalue weighted by atomic mass is 10.1. The molecule has 0 bridgehead atoms. The summed E-state index contributed by atoms with van der Waals surface area (Å²) in [4.78, 5) is 13.2. The van der Waals surface area contributed by atoms with Gasteiger partial charge >= 0.3 is 5.97 Å². The number of carbonyl (C=O) groups excluding carboxylic acids is 1. The van der Waals surface area contributed by atoms with Crippen LogP contribution in [0.5, 0.6) is 0 Å². The van der Waals surface area contributed by atoms with Crippen molar-refractivity contribution in [3.63, 3.8) is 0 Å². The number of carbonyl (C=O) groups is 1. The minimum absolute atomic E-state index is 0.0548. The third-order valence-electron chi connectivity index (χ3n) is 2.83. The minimum Gasteiger partial charge on any atom is -0.457 e. The highest BCUT2D eigenvalue weighted by Gasteiger charge is 2.13. The van der Waals surface area contributed by atoms with E-state index in [1.165, 1.54) is 23.5 Å². The number of nitrogens with two attached hydrogens (primary N) is 1. The number of anilines is 1. The van der Waals surface area contributed by atoms with Crippen LogP contribution in [-0.2, 0) is 11.3 Å². The highest BCUT2D eigenvalue weighted by Crippen LogP contribution is 2.24. The number of hydrogen-bond acceptors (Lipinski definition) is 4. The normalized spacial score (nSPS) is 10.5. The molecule has 0 amide bonds. The summed E-state index contributed by atoms with van der Waals surface area (Å²) in [5.41, 5.74) is 7.81. The Kier molecular flexibility index (Phi) is 3.85. The number of ether oxygens (including phenoxy) is 1. The third kappa shape index (κ3) is 3.12. The number of halogens is 1. The molecule has 19 heavy (non-hydrogen) atoms. The average Bonchev–Trinajstić information content (AvgIpc) is 2.70. The zero-order valence-corrected chi connectivity index (χ0v) is 11.5. The summed E-state index contributed by atoms with van der Waals surface area (Å²) < 4.78 is 18.3. The van der Waals surface area contributed by atoms with Crippen LogP contribution in [0.4, 0.5) is 10.1 Å². The molecule has 0 spiro atoms. The van der Waals surface area contributed by atoms with E-state index in [-0.39, 0.29) is 12.4 Å². The third-order valence-corrected chi connectivity index (χ3v) is 3.87. The lowest BCUT2D eigenvalue weighted by molar-refractivity contribution is 0.0477. The molecular formula is C14H14FNO2S. The Labute approximate surface area is 114 Å². The molecule has 5 heteroatoms. The second kappa shape index (κ2) is 5.40. The van der Waals surface area contributed by atoms with Crippen LogP contribution in [0.1, 0.15) is 25.7 Å². The maximum absolute atomic E-state index is 13.1. The first-order chi connectivity index (χ1) is 8.97. The molecule has 2 rings (SSSR count). The van der Waals surface area contributed by atoms with Crippen molar-refractivity contribution in [2.24, 2.45) is 0 Å². The molecule has 2 aromatic rings. The monoisotopic (exact) mass is 279 g/mol. The molecule has 100 valence electrons. The number of thiophene rings is 1. The summed E-state index contributed by atoms with van der Waals surface area (Å²) >= 11 is 1.29. The molecule has 1 heterocycles. The fourth-order valence-electron chi connectivity index (χ4n) is 1.61. The summed E-state index contributed by atoms with van der Waals surface area (Å²) in [7, 11) is 0. The largest absolute Gasteiger partial charge is 0.457 e. The van der Waals surface area contributed by atoms with Crippen molar-refractivity contribution in [1.29, 1.82) is 0 Å². The van der Waals surface area contributed by atoms with E-state index in [0.717, 1.165) is 10.4 Å². The van der Waals surface area contributed by atoms with Crippen LogP contribution in [0.3, 0.4) is 0 Å². The van der Waals surface area contributed by atoms with Crippen LogP contribution in [0, 0.1) is 19.7 Å². The molecular weight excluding hydrogens is 265 g/mol. The second-order valence-corrected chi connectivity index (χ2v) is 5.53. The Morgan fingerprint density at radius 1 is 1.37 bits per heavy atom. The van der Waals surface area contributed by atoms with Crippen LogP contribution < -0.4 is 5.73 Å². The molecule has 0 aliphatic rings. The maximum Gasteiger partial charge on any atom is 0.348 e. The predicted octanol–water partition coefficient (Wildman–Crippen LogP) is 3.44. The van der Waals surface area contributed by atoms with E-state index >= 15 is 0 Å². The minimum atomic E-state index is -0.437. The smallest absolute Gasteiger partial charge is 0.348 e. The zero-order valence-electron chi connectivity index (χ0n) is 10.7. The number of esters is 1. The van der Waals surface area contributed by atoms with Gasteiger partial charge in [-0.25, -0.2) is 9.18 Å². The summed E-state index contributed by atoms with van der Waals surface area (Å²) in [5, 5.41) is 0. The van der Waals surface area contributed by atoms with Crippen molar-refractivity contribution in [2.45, 2.75) is 20.5 Å². The summed E-state index contributed by atoms with van der Waals surface area (Å²) in [6.07, 6.45) is 0. The van der Waals surface area contributed by atoms with Gasteiger partial charge in [0.25, 0.3) is 0 Å². The van der Waals surface area contributed by atoms with Gasteiger partial charge in [0.15, 0.2) is 0 Å². The fraction of sp³-hybridized carbons (Fsp3) is 0.214. The van der Waals surface area contributed by atoms with Gasteiger partial charge < -0.3 is 10.5 Å². The molecule has 0 radical (unpaired) electrons. The van der Waals surface area contributed by atoms with Gasteiger partial charge in [0.1, 0.15) is 17.3 Å². The SMILES string of the molecule is Cc1ccc(F)cc1COC(=O)c1cc(N)c(C)s1.